The highest BCUT2D eigenvalue weighted by atomic mass is 32.2. The van der Waals surface area contributed by atoms with Crippen LogP contribution in [0.2, 0.25) is 0 Å². The van der Waals surface area contributed by atoms with Gasteiger partial charge in [-0.05, 0) is 42.5 Å². The molecule has 2 aromatic rings. The van der Waals surface area contributed by atoms with Gasteiger partial charge in [0.05, 0.1) is 10.6 Å². The van der Waals surface area contributed by atoms with Crippen LogP contribution in [0.5, 0.6) is 0 Å². The zero-order valence-corrected chi connectivity index (χ0v) is 16.4. The summed E-state index contributed by atoms with van der Waals surface area (Å²) in [7, 11) is -3.47. The maximum atomic E-state index is 12.7. The number of carbonyl (C=O) groups excluding carboxylic acids is 1. The Morgan fingerprint density at radius 2 is 1.81 bits per heavy atom. The standard InChI is InChI=1S/C21H26N2O3S/c1-2-17-9-8-14-23(15-17)21(24)22-20-13-7-6-10-18(20)16-27(25,26)19-11-4-3-5-12-19/h3-7,10-13,17H,2,8-9,14-16H2,1H3,(H,22,24). The van der Waals surface area contributed by atoms with Crippen molar-refractivity contribution in [3.8, 4) is 0 Å². The number of sulfone groups is 1. The zero-order chi connectivity index (χ0) is 19.3. The summed E-state index contributed by atoms with van der Waals surface area (Å²) in [6, 6.07) is 15.3. The average Bonchev–Trinajstić information content (AvgIpc) is 2.70. The van der Waals surface area contributed by atoms with Crippen molar-refractivity contribution in [3.05, 3.63) is 60.2 Å². The van der Waals surface area contributed by atoms with Gasteiger partial charge in [0.2, 0.25) is 0 Å². The molecular formula is C21H26N2O3S. The number of amides is 2. The van der Waals surface area contributed by atoms with E-state index < -0.39 is 9.84 Å². The first-order chi connectivity index (χ1) is 13.0. The second kappa shape index (κ2) is 8.57. The number of hydrogen-bond acceptors (Lipinski definition) is 3. The van der Waals surface area contributed by atoms with Gasteiger partial charge in [0, 0.05) is 18.8 Å². The molecule has 5 nitrogen and oxygen atoms in total. The predicted octanol–water partition coefficient (Wildman–Crippen LogP) is 4.31. The number of carbonyl (C=O) groups is 1. The monoisotopic (exact) mass is 386 g/mol. The number of nitrogens with one attached hydrogen (secondary N) is 1. The average molecular weight is 387 g/mol. The molecule has 2 amide bonds. The molecule has 1 aliphatic rings. The zero-order valence-electron chi connectivity index (χ0n) is 15.6. The fourth-order valence-corrected chi connectivity index (χ4v) is 4.86. The van der Waals surface area contributed by atoms with Crippen LogP contribution >= 0.6 is 0 Å². The number of nitrogens with zero attached hydrogens (tertiary/aromatic N) is 1. The number of rotatable bonds is 5. The van der Waals surface area contributed by atoms with Crippen molar-refractivity contribution in [1.29, 1.82) is 0 Å². The van der Waals surface area contributed by atoms with Crippen LogP contribution in [0.25, 0.3) is 0 Å². The molecule has 2 aromatic carbocycles. The van der Waals surface area contributed by atoms with Crippen LogP contribution in [0, 0.1) is 5.92 Å². The Morgan fingerprint density at radius 1 is 1.11 bits per heavy atom. The highest BCUT2D eigenvalue weighted by Crippen LogP contribution is 2.24. The molecule has 1 fully saturated rings. The van der Waals surface area contributed by atoms with Gasteiger partial charge in [-0.3, -0.25) is 0 Å². The van der Waals surface area contributed by atoms with E-state index in [0.717, 1.165) is 32.4 Å². The summed E-state index contributed by atoms with van der Waals surface area (Å²) < 4.78 is 25.4. The van der Waals surface area contributed by atoms with Crippen LogP contribution in [-0.2, 0) is 15.6 Å². The SMILES string of the molecule is CCC1CCCN(C(=O)Nc2ccccc2CS(=O)(=O)c2ccccc2)C1. The number of likely N-dealkylation sites (tertiary alicyclic amines) is 1. The van der Waals surface area contributed by atoms with E-state index >= 15 is 0 Å². The third kappa shape index (κ3) is 4.89. The van der Waals surface area contributed by atoms with E-state index in [4.69, 9.17) is 0 Å². The lowest BCUT2D eigenvalue weighted by molar-refractivity contribution is 0.176. The van der Waals surface area contributed by atoms with E-state index in [9.17, 15) is 13.2 Å². The first kappa shape index (κ1) is 19.4. The van der Waals surface area contributed by atoms with Crippen molar-refractivity contribution >= 4 is 21.6 Å². The number of hydrogen-bond donors (Lipinski definition) is 1. The van der Waals surface area contributed by atoms with E-state index in [1.165, 1.54) is 0 Å². The summed E-state index contributed by atoms with van der Waals surface area (Å²) in [5, 5.41) is 2.92. The van der Waals surface area contributed by atoms with Crippen LogP contribution in [0.4, 0.5) is 10.5 Å². The minimum Gasteiger partial charge on any atom is -0.324 e. The van der Waals surface area contributed by atoms with Gasteiger partial charge in [0.1, 0.15) is 0 Å². The quantitative estimate of drug-likeness (QED) is 0.832. The normalized spacial score (nSPS) is 17.5. The van der Waals surface area contributed by atoms with Gasteiger partial charge in [-0.1, -0.05) is 49.7 Å². The Kier molecular flexibility index (Phi) is 6.16. The van der Waals surface area contributed by atoms with E-state index in [1.807, 2.05) is 4.90 Å². The van der Waals surface area contributed by atoms with Crippen molar-refractivity contribution < 1.29 is 13.2 Å². The first-order valence-electron chi connectivity index (χ1n) is 9.41. The lowest BCUT2D eigenvalue weighted by atomic mass is 9.96. The molecule has 0 spiro atoms. The molecule has 3 rings (SSSR count). The fourth-order valence-electron chi connectivity index (χ4n) is 3.46. The molecule has 6 heteroatoms. The van der Waals surface area contributed by atoms with Crippen LogP contribution in [0.1, 0.15) is 31.7 Å². The summed E-state index contributed by atoms with van der Waals surface area (Å²) in [5.41, 5.74) is 1.15. The molecule has 1 N–H and O–H groups in total. The highest BCUT2D eigenvalue weighted by Gasteiger charge is 2.24. The highest BCUT2D eigenvalue weighted by molar-refractivity contribution is 7.90. The molecule has 144 valence electrons. The lowest BCUT2D eigenvalue weighted by Gasteiger charge is -2.32. The molecule has 0 bridgehead atoms. The van der Waals surface area contributed by atoms with Crippen molar-refractivity contribution in [2.75, 3.05) is 18.4 Å². The molecule has 1 unspecified atom stereocenters. The molecule has 0 aromatic heterocycles. The van der Waals surface area contributed by atoms with Crippen molar-refractivity contribution in [1.82, 2.24) is 4.90 Å². The number of urea groups is 1. The molecule has 0 saturated carbocycles. The molecule has 27 heavy (non-hydrogen) atoms. The Balaban J connectivity index is 1.75. The smallest absolute Gasteiger partial charge is 0.321 e. The fraction of sp³-hybridized carbons (Fsp3) is 0.381. The second-order valence-electron chi connectivity index (χ2n) is 7.02. The van der Waals surface area contributed by atoms with Crippen molar-refractivity contribution in [2.24, 2.45) is 5.92 Å². The topological polar surface area (TPSA) is 66.5 Å². The van der Waals surface area contributed by atoms with Gasteiger partial charge in [-0.25, -0.2) is 13.2 Å². The van der Waals surface area contributed by atoms with Gasteiger partial charge in [-0.15, -0.1) is 0 Å². The van der Waals surface area contributed by atoms with Crippen LogP contribution in [-0.4, -0.2) is 32.4 Å². The van der Waals surface area contributed by atoms with Crippen LogP contribution in [0.3, 0.4) is 0 Å². The Morgan fingerprint density at radius 3 is 2.56 bits per heavy atom. The Hall–Kier alpha value is -2.34. The molecule has 1 atom stereocenters. The van der Waals surface area contributed by atoms with Gasteiger partial charge < -0.3 is 10.2 Å². The van der Waals surface area contributed by atoms with Crippen LogP contribution in [0.15, 0.2) is 59.5 Å². The summed E-state index contributed by atoms with van der Waals surface area (Å²) >= 11 is 0. The number of para-hydroxylation sites is 1. The molecule has 1 heterocycles. The number of piperidine rings is 1. The van der Waals surface area contributed by atoms with Crippen molar-refractivity contribution in [3.63, 3.8) is 0 Å². The molecule has 1 aliphatic heterocycles. The van der Waals surface area contributed by atoms with E-state index in [1.54, 1.807) is 54.6 Å². The lowest BCUT2D eigenvalue weighted by Crippen LogP contribution is -2.42. The third-order valence-electron chi connectivity index (χ3n) is 5.09. The van der Waals surface area contributed by atoms with Crippen molar-refractivity contribution in [2.45, 2.75) is 36.8 Å². The Labute approximate surface area is 161 Å². The second-order valence-corrected chi connectivity index (χ2v) is 9.01. The minimum atomic E-state index is -3.47. The maximum absolute atomic E-state index is 12.7. The summed E-state index contributed by atoms with van der Waals surface area (Å²) in [6.45, 7) is 3.65. The maximum Gasteiger partial charge on any atom is 0.321 e. The van der Waals surface area contributed by atoms with Gasteiger partial charge in [-0.2, -0.15) is 0 Å². The molecule has 1 saturated heterocycles. The van der Waals surface area contributed by atoms with E-state index in [2.05, 4.69) is 12.2 Å². The first-order valence-corrected chi connectivity index (χ1v) is 11.1. The molecular weight excluding hydrogens is 360 g/mol. The summed E-state index contributed by atoms with van der Waals surface area (Å²) in [4.78, 5) is 14.8. The predicted molar refractivity (Wildman–Crippen MR) is 107 cm³/mol. The van der Waals surface area contributed by atoms with E-state index in [-0.39, 0.29) is 16.7 Å². The molecule has 0 radical (unpaired) electrons. The summed E-state index contributed by atoms with van der Waals surface area (Å²) in [5.74, 6) is 0.392. The Bertz CT molecular complexity index is 881. The minimum absolute atomic E-state index is 0.148. The van der Waals surface area contributed by atoms with E-state index in [0.29, 0.717) is 17.2 Å². The van der Waals surface area contributed by atoms with Gasteiger partial charge in [0.25, 0.3) is 0 Å². The van der Waals surface area contributed by atoms with Gasteiger partial charge >= 0.3 is 6.03 Å². The largest absolute Gasteiger partial charge is 0.324 e. The number of anilines is 1. The van der Waals surface area contributed by atoms with Gasteiger partial charge in [0.15, 0.2) is 9.84 Å². The van der Waals surface area contributed by atoms with Crippen LogP contribution < -0.4 is 5.32 Å². The molecule has 0 aliphatic carbocycles. The summed E-state index contributed by atoms with van der Waals surface area (Å²) in [6.07, 6.45) is 3.23. The number of benzene rings is 2. The third-order valence-corrected chi connectivity index (χ3v) is 6.77.